The summed E-state index contributed by atoms with van der Waals surface area (Å²) in [7, 11) is 1.64. The van der Waals surface area contributed by atoms with Gasteiger partial charge in [-0.05, 0) is 43.2 Å². The molecule has 0 bridgehead atoms. The van der Waals surface area contributed by atoms with Gasteiger partial charge in [-0.25, -0.2) is 4.68 Å². The maximum Gasteiger partial charge on any atom is 0.292 e. The van der Waals surface area contributed by atoms with Crippen molar-refractivity contribution >= 4 is 22.7 Å². The maximum absolute atomic E-state index is 12.8. The van der Waals surface area contributed by atoms with E-state index in [1.54, 1.807) is 24.1 Å². The van der Waals surface area contributed by atoms with Crippen molar-refractivity contribution in [2.24, 2.45) is 0 Å². The zero-order chi connectivity index (χ0) is 19.7. The summed E-state index contributed by atoms with van der Waals surface area (Å²) in [6.07, 6.45) is 1.66. The topological polar surface area (TPSA) is 69.3 Å². The monoisotopic (exact) mass is 375 g/mol. The van der Waals surface area contributed by atoms with Gasteiger partial charge in [-0.15, -0.1) is 0 Å². The average molecular weight is 375 g/mol. The number of ether oxygens (including phenoxy) is 1. The van der Waals surface area contributed by atoms with Gasteiger partial charge in [0, 0.05) is 17.0 Å². The Labute approximate surface area is 162 Å². The number of nitrogens with one attached hydrogen (secondary N) is 1. The van der Waals surface area contributed by atoms with E-state index >= 15 is 0 Å². The molecule has 2 aromatic carbocycles. The third kappa shape index (κ3) is 3.36. The van der Waals surface area contributed by atoms with Gasteiger partial charge >= 0.3 is 0 Å². The number of benzene rings is 2. The van der Waals surface area contributed by atoms with Crippen LogP contribution in [0.2, 0.25) is 0 Å². The van der Waals surface area contributed by atoms with Gasteiger partial charge in [-0.3, -0.25) is 4.79 Å². The van der Waals surface area contributed by atoms with Crippen LogP contribution < -0.4 is 10.1 Å². The molecule has 0 aliphatic carbocycles. The second-order valence-corrected chi connectivity index (χ2v) is 6.73. The minimum Gasteiger partial charge on any atom is -0.497 e. The summed E-state index contributed by atoms with van der Waals surface area (Å²) in [5, 5.41) is 8.17. The van der Waals surface area contributed by atoms with Crippen molar-refractivity contribution in [2.75, 3.05) is 12.4 Å². The van der Waals surface area contributed by atoms with Crippen molar-refractivity contribution in [3.8, 4) is 5.75 Å². The van der Waals surface area contributed by atoms with Crippen molar-refractivity contribution in [3.63, 3.8) is 0 Å². The van der Waals surface area contributed by atoms with Crippen LogP contribution in [0.4, 0.5) is 5.82 Å². The number of hydrogen-bond donors (Lipinski definition) is 1. The first-order valence-corrected chi connectivity index (χ1v) is 9.01. The number of amides is 1. The molecule has 142 valence electrons. The standard InChI is InChI=1S/C22H21N3O3/c1-14-4-9-18-15(2)21(28-19(18)12-14)22(26)24-20-10-11-23-25(20)13-16-5-7-17(27-3)8-6-16/h4-12H,13H2,1-3H3,(H,24,26). The van der Waals surface area contributed by atoms with Crippen LogP contribution >= 0.6 is 0 Å². The molecule has 6 nitrogen and oxygen atoms in total. The molecule has 0 radical (unpaired) electrons. The van der Waals surface area contributed by atoms with E-state index in [-0.39, 0.29) is 5.91 Å². The third-order valence-electron chi connectivity index (χ3n) is 4.75. The molecule has 1 N–H and O–H groups in total. The third-order valence-corrected chi connectivity index (χ3v) is 4.75. The molecule has 1 amide bonds. The second-order valence-electron chi connectivity index (χ2n) is 6.73. The number of aromatic nitrogens is 2. The van der Waals surface area contributed by atoms with Gasteiger partial charge < -0.3 is 14.5 Å². The number of anilines is 1. The Kier molecular flexibility index (Phi) is 4.61. The molecule has 2 heterocycles. The Morgan fingerprint density at radius 1 is 1.14 bits per heavy atom. The Morgan fingerprint density at radius 3 is 2.68 bits per heavy atom. The van der Waals surface area contributed by atoms with Crippen LogP contribution in [0.15, 0.2) is 59.1 Å². The SMILES string of the molecule is COc1ccc(Cn2nccc2NC(=O)c2oc3cc(C)ccc3c2C)cc1. The van der Waals surface area contributed by atoms with E-state index in [4.69, 9.17) is 9.15 Å². The van der Waals surface area contributed by atoms with E-state index in [2.05, 4.69) is 10.4 Å². The molecule has 28 heavy (non-hydrogen) atoms. The average Bonchev–Trinajstić information content (AvgIpc) is 3.26. The lowest BCUT2D eigenvalue weighted by atomic mass is 10.1. The highest BCUT2D eigenvalue weighted by Crippen LogP contribution is 2.27. The summed E-state index contributed by atoms with van der Waals surface area (Å²) in [5.41, 5.74) is 3.68. The molecule has 6 heteroatoms. The summed E-state index contributed by atoms with van der Waals surface area (Å²) in [6, 6.07) is 15.4. The first-order chi connectivity index (χ1) is 13.5. The normalized spacial score (nSPS) is 11.0. The minimum atomic E-state index is -0.289. The van der Waals surface area contributed by atoms with Crippen molar-refractivity contribution in [3.05, 3.63) is 77.2 Å². The van der Waals surface area contributed by atoms with Crippen molar-refractivity contribution in [2.45, 2.75) is 20.4 Å². The van der Waals surface area contributed by atoms with Gasteiger partial charge in [-0.2, -0.15) is 5.10 Å². The van der Waals surface area contributed by atoms with Crippen LogP contribution in [0, 0.1) is 13.8 Å². The number of fused-ring (bicyclic) bond motifs is 1. The molecular weight excluding hydrogens is 354 g/mol. The highest BCUT2D eigenvalue weighted by Gasteiger charge is 2.19. The van der Waals surface area contributed by atoms with E-state index in [9.17, 15) is 4.79 Å². The van der Waals surface area contributed by atoms with Crippen LogP contribution in [0.5, 0.6) is 5.75 Å². The summed E-state index contributed by atoms with van der Waals surface area (Å²) in [4.78, 5) is 12.8. The van der Waals surface area contributed by atoms with Crippen molar-refractivity contribution < 1.29 is 13.9 Å². The highest BCUT2D eigenvalue weighted by atomic mass is 16.5. The number of carbonyl (C=O) groups excluding carboxylic acids is 1. The molecule has 0 saturated heterocycles. The van der Waals surface area contributed by atoms with E-state index in [0.29, 0.717) is 18.1 Å². The van der Waals surface area contributed by atoms with Gasteiger partial charge in [0.2, 0.25) is 0 Å². The zero-order valence-electron chi connectivity index (χ0n) is 16.0. The Hall–Kier alpha value is -3.54. The first-order valence-electron chi connectivity index (χ1n) is 9.01. The number of nitrogens with zero attached hydrogens (tertiary/aromatic N) is 2. The first kappa shape index (κ1) is 17.9. The molecule has 0 aliphatic rings. The van der Waals surface area contributed by atoms with Crippen LogP contribution in [0.25, 0.3) is 11.0 Å². The smallest absolute Gasteiger partial charge is 0.292 e. The maximum atomic E-state index is 12.8. The Morgan fingerprint density at radius 2 is 1.93 bits per heavy atom. The lowest BCUT2D eigenvalue weighted by molar-refractivity contribution is 0.0997. The number of aryl methyl sites for hydroxylation is 2. The largest absolute Gasteiger partial charge is 0.497 e. The molecule has 4 rings (SSSR count). The van der Waals surface area contributed by atoms with Gasteiger partial charge in [0.15, 0.2) is 5.76 Å². The number of rotatable bonds is 5. The van der Waals surface area contributed by atoms with E-state index in [1.807, 2.05) is 56.3 Å². The summed E-state index contributed by atoms with van der Waals surface area (Å²) in [5.74, 6) is 1.44. The fourth-order valence-corrected chi connectivity index (χ4v) is 3.19. The Bertz CT molecular complexity index is 1140. The fraction of sp³-hybridized carbons (Fsp3) is 0.182. The predicted octanol–water partition coefficient (Wildman–Crippen LogP) is 4.56. The molecule has 0 spiro atoms. The summed E-state index contributed by atoms with van der Waals surface area (Å²) in [6.45, 7) is 4.42. The molecule has 4 aromatic rings. The molecule has 0 atom stereocenters. The lowest BCUT2D eigenvalue weighted by Gasteiger charge is -2.09. The van der Waals surface area contributed by atoms with Crippen molar-refractivity contribution in [1.29, 1.82) is 0 Å². The molecule has 2 aromatic heterocycles. The number of furan rings is 1. The minimum absolute atomic E-state index is 0.289. The number of methoxy groups -OCH3 is 1. The lowest BCUT2D eigenvalue weighted by Crippen LogP contribution is -2.16. The summed E-state index contributed by atoms with van der Waals surface area (Å²) >= 11 is 0. The number of carbonyl (C=O) groups is 1. The van der Waals surface area contributed by atoms with Crippen LogP contribution in [-0.4, -0.2) is 22.8 Å². The predicted molar refractivity (Wildman–Crippen MR) is 108 cm³/mol. The van der Waals surface area contributed by atoms with Crippen LogP contribution in [0.1, 0.15) is 27.2 Å². The summed E-state index contributed by atoms with van der Waals surface area (Å²) < 4.78 is 12.7. The Balaban J connectivity index is 1.56. The van der Waals surface area contributed by atoms with Crippen LogP contribution in [0.3, 0.4) is 0 Å². The second kappa shape index (κ2) is 7.23. The van der Waals surface area contributed by atoms with Gasteiger partial charge in [-0.1, -0.05) is 24.3 Å². The van der Waals surface area contributed by atoms with Crippen LogP contribution in [-0.2, 0) is 6.54 Å². The van der Waals surface area contributed by atoms with Crippen molar-refractivity contribution in [1.82, 2.24) is 9.78 Å². The number of hydrogen-bond acceptors (Lipinski definition) is 4. The quantitative estimate of drug-likeness (QED) is 0.555. The molecular formula is C22H21N3O3. The van der Waals surface area contributed by atoms with E-state index < -0.39 is 0 Å². The van der Waals surface area contributed by atoms with Gasteiger partial charge in [0.05, 0.1) is 19.9 Å². The van der Waals surface area contributed by atoms with Gasteiger partial charge in [0.25, 0.3) is 5.91 Å². The highest BCUT2D eigenvalue weighted by molar-refractivity contribution is 6.06. The molecule has 0 unspecified atom stereocenters. The van der Waals surface area contributed by atoms with E-state index in [0.717, 1.165) is 33.4 Å². The van der Waals surface area contributed by atoms with Gasteiger partial charge in [0.1, 0.15) is 17.2 Å². The fourth-order valence-electron chi connectivity index (χ4n) is 3.19. The molecule has 0 aliphatic heterocycles. The van der Waals surface area contributed by atoms with E-state index in [1.165, 1.54) is 0 Å². The molecule has 0 saturated carbocycles. The molecule has 0 fully saturated rings. The zero-order valence-corrected chi connectivity index (χ0v) is 16.0.